The van der Waals surface area contributed by atoms with Crippen LogP contribution >= 0.6 is 24.0 Å². The Morgan fingerprint density at radius 2 is 1.96 bits per heavy atom. The Hall–Kier alpha value is -1.35. The van der Waals surface area contributed by atoms with Gasteiger partial charge in [0.05, 0.1) is 6.54 Å². The fourth-order valence-corrected chi connectivity index (χ4v) is 2.16. The maximum atomic E-state index is 11.8. The van der Waals surface area contributed by atoms with Gasteiger partial charge < -0.3 is 20.7 Å². The summed E-state index contributed by atoms with van der Waals surface area (Å²) >= 11 is 0. The molecule has 0 aliphatic heterocycles. The molecule has 6 nitrogen and oxygen atoms in total. The van der Waals surface area contributed by atoms with E-state index in [0.29, 0.717) is 12.5 Å². The number of nitrogens with one attached hydrogen (secondary N) is 3. The number of hydrogen-bond donors (Lipinski definition) is 3. The molecule has 1 aromatic rings. The number of nitrogens with zero attached hydrogens (tertiary/aromatic N) is 1. The van der Waals surface area contributed by atoms with Crippen molar-refractivity contribution in [2.75, 3.05) is 33.4 Å². The van der Waals surface area contributed by atoms with E-state index in [-0.39, 0.29) is 36.4 Å². The zero-order valence-electron chi connectivity index (χ0n) is 14.8. The van der Waals surface area contributed by atoms with Crippen LogP contribution in [0, 0.1) is 5.92 Å². The van der Waals surface area contributed by atoms with Gasteiger partial charge in [0.15, 0.2) is 5.96 Å². The Kier molecular flexibility index (Phi) is 11.2. The number of ether oxygens (including phenoxy) is 1. The van der Waals surface area contributed by atoms with Gasteiger partial charge in [0.25, 0.3) is 0 Å². The molecule has 1 aliphatic carbocycles. The average Bonchev–Trinajstić information content (AvgIpc) is 3.44. The highest BCUT2D eigenvalue weighted by atomic mass is 127. The summed E-state index contributed by atoms with van der Waals surface area (Å²) in [7, 11) is 1.70. The Morgan fingerprint density at radius 1 is 1.20 bits per heavy atom. The molecule has 0 aromatic heterocycles. The first-order valence-corrected chi connectivity index (χ1v) is 8.61. The van der Waals surface area contributed by atoms with Crippen molar-refractivity contribution in [3.05, 3.63) is 35.9 Å². The third kappa shape index (κ3) is 10.3. The lowest BCUT2D eigenvalue weighted by Gasteiger charge is -2.12. The molecule has 0 atom stereocenters. The predicted octanol–water partition coefficient (Wildman–Crippen LogP) is 1.90. The van der Waals surface area contributed by atoms with E-state index >= 15 is 0 Å². The number of rotatable bonds is 10. The van der Waals surface area contributed by atoms with Crippen LogP contribution in [0.25, 0.3) is 0 Å². The molecule has 3 N–H and O–H groups in total. The van der Waals surface area contributed by atoms with E-state index in [4.69, 9.17) is 4.74 Å². The summed E-state index contributed by atoms with van der Waals surface area (Å²) in [6.07, 6.45) is 3.57. The van der Waals surface area contributed by atoms with Crippen LogP contribution in [0.4, 0.5) is 0 Å². The number of halogens is 1. The first kappa shape index (κ1) is 21.7. The van der Waals surface area contributed by atoms with Gasteiger partial charge in [-0.15, -0.1) is 24.0 Å². The third-order valence-electron chi connectivity index (χ3n) is 3.78. The number of carbonyl (C=O) groups excluding carboxylic acids is 1. The molecule has 1 aromatic carbocycles. The fourth-order valence-electron chi connectivity index (χ4n) is 2.16. The van der Waals surface area contributed by atoms with Crippen LogP contribution in [-0.2, 0) is 16.1 Å². The molecule has 1 amide bonds. The summed E-state index contributed by atoms with van der Waals surface area (Å²) in [4.78, 5) is 16.0. The normalized spacial score (nSPS) is 13.7. The van der Waals surface area contributed by atoms with Crippen molar-refractivity contribution in [2.24, 2.45) is 10.9 Å². The summed E-state index contributed by atoms with van der Waals surface area (Å²) in [5.74, 6) is 1.38. The van der Waals surface area contributed by atoms with Crippen molar-refractivity contribution >= 4 is 35.8 Å². The minimum Gasteiger partial charge on any atom is -0.381 e. The summed E-state index contributed by atoms with van der Waals surface area (Å²) in [5, 5.41) is 9.07. The molecule has 1 aliphatic rings. The quantitative estimate of drug-likeness (QED) is 0.216. The van der Waals surface area contributed by atoms with E-state index in [0.717, 1.165) is 37.7 Å². The highest BCUT2D eigenvalue weighted by molar-refractivity contribution is 14.0. The van der Waals surface area contributed by atoms with Gasteiger partial charge in [0, 0.05) is 33.4 Å². The van der Waals surface area contributed by atoms with Gasteiger partial charge in [-0.05, 0) is 30.7 Å². The van der Waals surface area contributed by atoms with E-state index in [1.54, 1.807) is 7.05 Å². The average molecular weight is 460 g/mol. The smallest absolute Gasteiger partial charge is 0.239 e. The van der Waals surface area contributed by atoms with Crippen molar-refractivity contribution in [3.8, 4) is 0 Å². The van der Waals surface area contributed by atoms with E-state index < -0.39 is 0 Å². The standard InChI is InChI=1S/C18H28N4O2.HI/c1-19-18(20-10-5-11-24-14-16-8-9-16)22-13-17(23)21-12-15-6-3-2-4-7-15;/h2-4,6-7,16H,5,8-14H2,1H3,(H,21,23)(H2,19,20,22);1H. The van der Waals surface area contributed by atoms with Crippen molar-refractivity contribution in [1.29, 1.82) is 0 Å². The number of hydrogen-bond acceptors (Lipinski definition) is 3. The molecule has 25 heavy (non-hydrogen) atoms. The van der Waals surface area contributed by atoms with E-state index in [9.17, 15) is 4.79 Å². The second-order valence-corrected chi connectivity index (χ2v) is 5.99. The number of amides is 1. The van der Waals surface area contributed by atoms with Gasteiger partial charge in [-0.25, -0.2) is 0 Å². The number of guanidine groups is 1. The minimum absolute atomic E-state index is 0. The van der Waals surface area contributed by atoms with Gasteiger partial charge in [0.1, 0.15) is 0 Å². The number of aliphatic imine (C=N–C) groups is 1. The third-order valence-corrected chi connectivity index (χ3v) is 3.78. The van der Waals surface area contributed by atoms with Crippen molar-refractivity contribution in [1.82, 2.24) is 16.0 Å². The molecule has 140 valence electrons. The molecule has 0 unspecified atom stereocenters. The summed E-state index contributed by atoms with van der Waals surface area (Å²) < 4.78 is 5.58. The monoisotopic (exact) mass is 460 g/mol. The predicted molar refractivity (Wildman–Crippen MR) is 111 cm³/mol. The van der Waals surface area contributed by atoms with E-state index in [1.807, 2.05) is 30.3 Å². The molecule has 0 saturated heterocycles. The van der Waals surface area contributed by atoms with Crippen LogP contribution in [0.15, 0.2) is 35.3 Å². The van der Waals surface area contributed by atoms with Gasteiger partial charge in [0.2, 0.25) is 5.91 Å². The van der Waals surface area contributed by atoms with Gasteiger partial charge in [-0.1, -0.05) is 30.3 Å². The minimum atomic E-state index is -0.0606. The van der Waals surface area contributed by atoms with Crippen LogP contribution < -0.4 is 16.0 Å². The van der Waals surface area contributed by atoms with Crippen LogP contribution in [0.2, 0.25) is 0 Å². The molecule has 0 bridgehead atoms. The second kappa shape index (κ2) is 12.9. The lowest BCUT2D eigenvalue weighted by Crippen LogP contribution is -2.43. The molecular weight excluding hydrogens is 431 g/mol. The Morgan fingerprint density at radius 3 is 2.64 bits per heavy atom. The van der Waals surface area contributed by atoms with E-state index in [1.165, 1.54) is 12.8 Å². The molecule has 0 heterocycles. The lowest BCUT2D eigenvalue weighted by atomic mass is 10.2. The maximum Gasteiger partial charge on any atom is 0.239 e. The van der Waals surface area contributed by atoms with Crippen molar-refractivity contribution in [2.45, 2.75) is 25.8 Å². The topological polar surface area (TPSA) is 74.8 Å². The van der Waals surface area contributed by atoms with Crippen LogP contribution in [0.1, 0.15) is 24.8 Å². The van der Waals surface area contributed by atoms with Crippen molar-refractivity contribution < 1.29 is 9.53 Å². The van der Waals surface area contributed by atoms with Gasteiger partial charge in [-0.2, -0.15) is 0 Å². The Balaban J connectivity index is 0.00000312. The maximum absolute atomic E-state index is 11.8. The first-order valence-electron chi connectivity index (χ1n) is 8.61. The highest BCUT2D eigenvalue weighted by Gasteiger charge is 2.20. The van der Waals surface area contributed by atoms with Gasteiger partial charge >= 0.3 is 0 Å². The number of carbonyl (C=O) groups is 1. The Labute approximate surface area is 167 Å². The summed E-state index contributed by atoms with van der Waals surface area (Å²) in [6, 6.07) is 9.85. The summed E-state index contributed by atoms with van der Waals surface area (Å²) in [5.41, 5.74) is 1.08. The van der Waals surface area contributed by atoms with Crippen LogP contribution in [0.5, 0.6) is 0 Å². The molecule has 0 radical (unpaired) electrons. The zero-order valence-corrected chi connectivity index (χ0v) is 17.1. The largest absolute Gasteiger partial charge is 0.381 e. The van der Waals surface area contributed by atoms with Crippen LogP contribution in [-0.4, -0.2) is 45.2 Å². The summed E-state index contributed by atoms with van der Waals surface area (Å²) in [6.45, 7) is 3.17. The van der Waals surface area contributed by atoms with Crippen LogP contribution in [0.3, 0.4) is 0 Å². The van der Waals surface area contributed by atoms with E-state index in [2.05, 4.69) is 20.9 Å². The second-order valence-electron chi connectivity index (χ2n) is 5.99. The SMILES string of the molecule is CN=C(NCCCOCC1CC1)NCC(=O)NCc1ccccc1.I. The molecular formula is C18H29IN4O2. The molecule has 0 spiro atoms. The molecule has 1 saturated carbocycles. The zero-order chi connectivity index (χ0) is 17.0. The molecule has 7 heteroatoms. The lowest BCUT2D eigenvalue weighted by molar-refractivity contribution is -0.120. The molecule has 2 rings (SSSR count). The fraction of sp³-hybridized carbons (Fsp3) is 0.556. The van der Waals surface area contributed by atoms with Gasteiger partial charge in [-0.3, -0.25) is 9.79 Å². The highest BCUT2D eigenvalue weighted by Crippen LogP contribution is 2.28. The van der Waals surface area contributed by atoms with Crippen molar-refractivity contribution in [3.63, 3.8) is 0 Å². The number of benzene rings is 1. The molecule has 1 fully saturated rings. The first-order chi connectivity index (χ1) is 11.8. The Bertz CT molecular complexity index is 521.